The number of benzene rings is 2. The van der Waals surface area contributed by atoms with E-state index in [-0.39, 0.29) is 25.3 Å². The van der Waals surface area contributed by atoms with Crippen molar-refractivity contribution in [3.63, 3.8) is 0 Å². The van der Waals surface area contributed by atoms with E-state index in [1.165, 1.54) is 12.1 Å². The molecule has 0 unspecified atom stereocenters. The van der Waals surface area contributed by atoms with Crippen LogP contribution in [0.2, 0.25) is 0 Å². The molecule has 0 spiro atoms. The van der Waals surface area contributed by atoms with Gasteiger partial charge in [0.05, 0.1) is 17.9 Å². The molecular weight excluding hydrogens is 371 g/mol. The fraction of sp³-hybridized carbons (Fsp3) is 0.261. The van der Waals surface area contributed by atoms with Gasteiger partial charge >= 0.3 is 0 Å². The average Bonchev–Trinajstić information content (AvgIpc) is 3.04. The number of aromatic nitrogens is 2. The molecule has 29 heavy (non-hydrogen) atoms. The molecule has 1 heterocycles. The Kier molecular flexibility index (Phi) is 6.93. The van der Waals surface area contributed by atoms with Crippen LogP contribution in [0.1, 0.15) is 24.2 Å². The van der Waals surface area contributed by atoms with E-state index in [4.69, 9.17) is 10.1 Å². The van der Waals surface area contributed by atoms with Crippen molar-refractivity contribution in [3.05, 3.63) is 77.9 Å². The molecule has 6 heteroatoms. The topological polar surface area (TPSA) is 78.5 Å². The van der Waals surface area contributed by atoms with E-state index in [9.17, 15) is 14.6 Å². The zero-order valence-electron chi connectivity index (χ0n) is 16.2. The van der Waals surface area contributed by atoms with Gasteiger partial charge in [-0.25, -0.2) is 9.37 Å². The first-order valence-electron chi connectivity index (χ1n) is 9.55. The standard InChI is InChI=1S/C23H25FN2O3/c1-16-22(12-11-20(28)15-21(29)13-14-27)25-23(17-5-3-2-4-6-17)26(16)19-9-7-18(24)8-10-19/h2-12,20-21,27-29H,13-15H2,1H3/t20-,21+/m1/s1. The fourth-order valence-corrected chi connectivity index (χ4v) is 3.19. The van der Waals surface area contributed by atoms with Crippen LogP contribution in [0.4, 0.5) is 4.39 Å². The van der Waals surface area contributed by atoms with Gasteiger partial charge in [0.2, 0.25) is 0 Å². The van der Waals surface area contributed by atoms with Gasteiger partial charge in [0.1, 0.15) is 11.6 Å². The molecule has 0 fully saturated rings. The highest BCUT2D eigenvalue weighted by atomic mass is 19.1. The predicted octanol–water partition coefficient (Wildman–Crippen LogP) is 3.49. The van der Waals surface area contributed by atoms with Crippen molar-refractivity contribution in [2.24, 2.45) is 0 Å². The highest BCUT2D eigenvalue weighted by Crippen LogP contribution is 2.27. The quantitative estimate of drug-likeness (QED) is 0.545. The zero-order valence-corrected chi connectivity index (χ0v) is 16.2. The Hall–Kier alpha value is -2.80. The van der Waals surface area contributed by atoms with Crippen molar-refractivity contribution in [1.29, 1.82) is 0 Å². The molecule has 3 N–H and O–H groups in total. The summed E-state index contributed by atoms with van der Waals surface area (Å²) in [7, 11) is 0. The van der Waals surface area contributed by atoms with Crippen molar-refractivity contribution in [2.45, 2.75) is 32.0 Å². The van der Waals surface area contributed by atoms with E-state index in [1.807, 2.05) is 41.8 Å². The van der Waals surface area contributed by atoms with Gasteiger partial charge in [0, 0.05) is 30.0 Å². The van der Waals surface area contributed by atoms with E-state index < -0.39 is 12.2 Å². The number of nitrogens with zero attached hydrogens (tertiary/aromatic N) is 2. The van der Waals surface area contributed by atoms with Gasteiger partial charge in [0.25, 0.3) is 0 Å². The minimum Gasteiger partial charge on any atom is -0.396 e. The van der Waals surface area contributed by atoms with Crippen LogP contribution in [0, 0.1) is 12.7 Å². The van der Waals surface area contributed by atoms with Gasteiger partial charge in [0.15, 0.2) is 0 Å². The molecule has 3 aromatic rings. The maximum atomic E-state index is 13.4. The number of aliphatic hydroxyl groups excluding tert-OH is 3. The monoisotopic (exact) mass is 396 g/mol. The van der Waals surface area contributed by atoms with Crippen LogP contribution in [0.3, 0.4) is 0 Å². The predicted molar refractivity (Wildman–Crippen MR) is 111 cm³/mol. The number of halogens is 1. The Morgan fingerprint density at radius 2 is 1.76 bits per heavy atom. The highest BCUT2D eigenvalue weighted by Gasteiger charge is 2.16. The van der Waals surface area contributed by atoms with E-state index >= 15 is 0 Å². The second-order valence-corrected chi connectivity index (χ2v) is 6.91. The van der Waals surface area contributed by atoms with E-state index in [2.05, 4.69) is 0 Å². The molecule has 0 aliphatic rings. The van der Waals surface area contributed by atoms with E-state index in [1.54, 1.807) is 24.3 Å². The minimum atomic E-state index is -0.855. The van der Waals surface area contributed by atoms with Crippen LogP contribution in [0.15, 0.2) is 60.7 Å². The highest BCUT2D eigenvalue weighted by molar-refractivity contribution is 5.64. The van der Waals surface area contributed by atoms with Crippen LogP contribution >= 0.6 is 0 Å². The minimum absolute atomic E-state index is 0.126. The second kappa shape index (κ2) is 9.60. The maximum absolute atomic E-state index is 13.4. The molecular formula is C23H25FN2O3. The summed E-state index contributed by atoms with van der Waals surface area (Å²) in [6, 6.07) is 15.9. The smallest absolute Gasteiger partial charge is 0.145 e. The molecule has 0 saturated heterocycles. The number of imidazole rings is 1. The molecule has 0 bridgehead atoms. The first-order valence-corrected chi connectivity index (χ1v) is 9.55. The second-order valence-electron chi connectivity index (χ2n) is 6.91. The SMILES string of the molecule is Cc1c(C=C[C@@H](O)C[C@@H](O)CCO)nc(-c2ccccc2)n1-c1ccc(F)cc1. The lowest BCUT2D eigenvalue weighted by molar-refractivity contribution is 0.0827. The van der Waals surface area contributed by atoms with Gasteiger partial charge in [-0.2, -0.15) is 0 Å². The van der Waals surface area contributed by atoms with Crippen molar-refractivity contribution >= 4 is 6.08 Å². The Balaban J connectivity index is 1.97. The molecule has 0 aliphatic carbocycles. The summed E-state index contributed by atoms with van der Waals surface area (Å²) in [5.41, 5.74) is 3.21. The van der Waals surface area contributed by atoms with Crippen LogP contribution in [0.5, 0.6) is 0 Å². The lowest BCUT2D eigenvalue weighted by Gasteiger charge is -2.11. The molecule has 2 atom stereocenters. The molecule has 5 nitrogen and oxygen atoms in total. The number of rotatable bonds is 8. The average molecular weight is 396 g/mol. The lowest BCUT2D eigenvalue weighted by Crippen LogP contribution is -2.16. The van der Waals surface area contributed by atoms with Crippen LogP contribution in [-0.2, 0) is 0 Å². The summed E-state index contributed by atoms with van der Waals surface area (Å²) < 4.78 is 15.3. The molecule has 0 aliphatic heterocycles. The Morgan fingerprint density at radius 3 is 2.41 bits per heavy atom. The van der Waals surface area contributed by atoms with E-state index in [0.717, 1.165) is 16.9 Å². The van der Waals surface area contributed by atoms with Crippen molar-refractivity contribution in [1.82, 2.24) is 9.55 Å². The summed E-state index contributed by atoms with van der Waals surface area (Å²) in [6.07, 6.45) is 2.05. The van der Waals surface area contributed by atoms with Gasteiger partial charge in [-0.05, 0) is 43.7 Å². The van der Waals surface area contributed by atoms with Gasteiger partial charge in [-0.3, -0.25) is 4.57 Å². The molecule has 152 valence electrons. The van der Waals surface area contributed by atoms with Gasteiger partial charge in [-0.1, -0.05) is 36.4 Å². The summed E-state index contributed by atoms with van der Waals surface area (Å²) in [6.45, 7) is 1.79. The Bertz CT molecular complexity index is 952. The third-order valence-electron chi connectivity index (χ3n) is 4.71. The fourth-order valence-electron chi connectivity index (χ4n) is 3.19. The normalized spacial score (nSPS) is 13.7. The number of aliphatic hydroxyl groups is 3. The Labute approximate surface area is 169 Å². The zero-order chi connectivity index (χ0) is 20.8. The van der Waals surface area contributed by atoms with Crippen LogP contribution in [0.25, 0.3) is 23.2 Å². The molecule has 3 rings (SSSR count). The summed E-state index contributed by atoms with van der Waals surface area (Å²) in [4.78, 5) is 4.74. The number of hydrogen-bond acceptors (Lipinski definition) is 4. The largest absolute Gasteiger partial charge is 0.396 e. The molecule has 0 amide bonds. The third kappa shape index (κ3) is 5.17. The van der Waals surface area contributed by atoms with Gasteiger partial charge in [-0.15, -0.1) is 0 Å². The first-order chi connectivity index (χ1) is 14.0. The summed E-state index contributed by atoms with van der Waals surface area (Å²) in [5.74, 6) is 0.404. The third-order valence-corrected chi connectivity index (χ3v) is 4.71. The first kappa shape index (κ1) is 20.9. The van der Waals surface area contributed by atoms with Gasteiger partial charge < -0.3 is 15.3 Å². The van der Waals surface area contributed by atoms with Crippen LogP contribution < -0.4 is 0 Å². The molecule has 2 aromatic carbocycles. The van der Waals surface area contributed by atoms with Crippen LogP contribution in [-0.4, -0.2) is 43.7 Å². The lowest BCUT2D eigenvalue weighted by atomic mass is 10.1. The van der Waals surface area contributed by atoms with Crippen molar-refractivity contribution in [3.8, 4) is 17.1 Å². The molecule has 0 radical (unpaired) electrons. The summed E-state index contributed by atoms with van der Waals surface area (Å²) in [5, 5.41) is 28.7. The van der Waals surface area contributed by atoms with Crippen molar-refractivity contribution < 1.29 is 19.7 Å². The van der Waals surface area contributed by atoms with Crippen molar-refractivity contribution in [2.75, 3.05) is 6.61 Å². The molecule has 0 saturated carbocycles. The Morgan fingerprint density at radius 1 is 1.07 bits per heavy atom. The molecule has 1 aromatic heterocycles. The summed E-state index contributed by atoms with van der Waals surface area (Å²) >= 11 is 0. The maximum Gasteiger partial charge on any atom is 0.145 e. The number of hydrogen-bond donors (Lipinski definition) is 3. The van der Waals surface area contributed by atoms with E-state index in [0.29, 0.717) is 11.5 Å².